The number of hydrogen-bond donors (Lipinski definition) is 18. The van der Waals surface area contributed by atoms with Gasteiger partial charge >= 0.3 is 11.9 Å². The Hall–Kier alpha value is -2.36. The second-order valence-electron chi connectivity index (χ2n) is 28.6. The van der Waals surface area contributed by atoms with Crippen LogP contribution in [0.1, 0.15) is 99.3 Å². The third kappa shape index (κ3) is 11.6. The summed E-state index contributed by atoms with van der Waals surface area (Å²) in [6, 6.07) is 0. The molecule has 30 nitrogen and oxygen atoms in total. The highest BCUT2D eigenvalue weighted by Crippen LogP contribution is 2.76. The summed E-state index contributed by atoms with van der Waals surface area (Å²) in [4.78, 5) is 29.4. The second kappa shape index (κ2) is 25.7. The van der Waals surface area contributed by atoms with E-state index in [-0.39, 0.29) is 31.8 Å². The third-order valence-corrected chi connectivity index (χ3v) is 23.3. The third-order valence-electron chi connectivity index (χ3n) is 23.3. The molecule has 4 saturated carbocycles. The smallest absolute Gasteiger partial charge is 0.317 e. The molecule has 510 valence electrons. The van der Waals surface area contributed by atoms with Crippen molar-refractivity contribution in [2.24, 2.45) is 50.2 Å². The van der Waals surface area contributed by atoms with Gasteiger partial charge in [-0.15, -0.1) is 0 Å². The number of aliphatic carboxylic acids is 1. The van der Waals surface area contributed by atoms with E-state index in [0.29, 0.717) is 38.5 Å². The predicted molar refractivity (Wildman–Crippen MR) is 293 cm³/mol. The number of carbonyl (C=O) groups excluding carboxylic acids is 1. The van der Waals surface area contributed by atoms with Gasteiger partial charge in [0.1, 0.15) is 121 Å². The first-order chi connectivity index (χ1) is 41.7. The normalized spacial score (nSPS) is 54.1. The van der Waals surface area contributed by atoms with Gasteiger partial charge in [0.05, 0.1) is 50.7 Å². The molecule has 5 aliphatic heterocycles. The number of allylic oxidation sites excluding steroid dienone is 2. The molecule has 1 unspecified atom stereocenters. The zero-order valence-electron chi connectivity index (χ0n) is 50.7. The van der Waals surface area contributed by atoms with E-state index in [9.17, 15) is 96.7 Å². The predicted octanol–water partition coefficient (Wildman–Crippen LogP) is -5.54. The molecule has 0 aromatic heterocycles. The molecule has 5 aliphatic carbocycles. The lowest BCUT2D eigenvalue weighted by Crippen LogP contribution is -2.69. The van der Waals surface area contributed by atoms with Crippen LogP contribution in [0.15, 0.2) is 11.6 Å². The minimum atomic E-state index is -2.18. The molecule has 0 bridgehead atoms. The summed E-state index contributed by atoms with van der Waals surface area (Å²) in [6.07, 6.45) is -40.7. The van der Waals surface area contributed by atoms with Crippen LogP contribution >= 0.6 is 0 Å². The molecule has 0 aromatic rings. The molecule has 0 aromatic carbocycles. The van der Waals surface area contributed by atoms with Crippen LogP contribution in [0, 0.1) is 50.2 Å². The lowest BCUT2D eigenvalue weighted by Gasteiger charge is -2.71. The lowest BCUT2D eigenvalue weighted by atomic mass is 9.33. The maximum atomic E-state index is 15.7. The minimum Gasteiger partial charge on any atom is -0.481 e. The maximum Gasteiger partial charge on any atom is 0.317 e. The molecule has 89 heavy (non-hydrogen) atoms. The van der Waals surface area contributed by atoms with Crippen molar-refractivity contribution in [2.75, 3.05) is 33.0 Å². The van der Waals surface area contributed by atoms with E-state index in [1.54, 1.807) is 6.92 Å². The molecule has 18 N–H and O–H groups in total. The van der Waals surface area contributed by atoms with Gasteiger partial charge in [-0.2, -0.15) is 0 Å². The van der Waals surface area contributed by atoms with Gasteiger partial charge in [0.2, 0.25) is 6.29 Å². The van der Waals surface area contributed by atoms with Crippen LogP contribution in [0.25, 0.3) is 0 Å². The number of ether oxygens (including phenoxy) is 10. The van der Waals surface area contributed by atoms with Crippen molar-refractivity contribution in [3.8, 4) is 0 Å². The summed E-state index contributed by atoms with van der Waals surface area (Å²) < 4.78 is 58.3. The summed E-state index contributed by atoms with van der Waals surface area (Å²) in [7, 11) is 0. The van der Waals surface area contributed by atoms with Gasteiger partial charge in [-0.1, -0.05) is 46.3 Å². The van der Waals surface area contributed by atoms with Crippen LogP contribution in [-0.4, -0.2) is 297 Å². The molecule has 34 atom stereocenters. The SMILES string of the molecule is CC1(C)CC[C@]2(C(=O)O[C@@H]3O[C@H](CO[C@@H]4O[C@H](CO[C@H]5O[C@H](CO)[C@H](O)[C@H](O)[C@H]5O)[C@@H](O)[C@H](O)[C@H]4O)[C@@H](O)[C@H](O[C@@H]4O[C@H](CO)[C@@H](O)[C@H](O)[C@H]4O)[C@H]3O)[C@H](O)C[C@]3(C)C(=CC[C@@H]4[C@@]5(C)CC[C@H](O[C@@H]6OC[C@@H](O)[C@H](O)[C@H]6O)C(C)(C(=O)O)[C@@H]5CC[C@]43C)[C@@H]2C1. The van der Waals surface area contributed by atoms with E-state index in [1.807, 2.05) is 0 Å². The van der Waals surface area contributed by atoms with Crippen molar-refractivity contribution in [3.63, 3.8) is 0 Å². The van der Waals surface area contributed by atoms with Gasteiger partial charge in [0.25, 0.3) is 0 Å². The van der Waals surface area contributed by atoms with E-state index in [2.05, 4.69) is 40.7 Å². The number of aliphatic hydroxyl groups excluding tert-OH is 17. The molecule has 10 rings (SSSR count). The summed E-state index contributed by atoms with van der Waals surface area (Å²) in [5.41, 5.74) is -4.78. The molecule has 30 heteroatoms. The van der Waals surface area contributed by atoms with Crippen molar-refractivity contribution in [2.45, 2.75) is 259 Å². The number of hydrogen-bond acceptors (Lipinski definition) is 29. The molecule has 0 amide bonds. The molecular weight excluding hydrogens is 1190 g/mol. The standard InChI is InChI=1S/C59H94O30/c1-54(2)13-14-59(23(15-54)22-7-8-29-55(3)11-10-32(87-49-41(72)33(64)24(62)19-80-49)58(6,52(77)78)30(55)9-12-56(29,4)57(22,5)16-31(59)63)53(79)89-51-45(76)46(88-50-44(75)39(70)35(66)26(18-61)84-50)37(68)28(86-51)21-82-48-43(74)40(71)36(67)27(85-48)20-81-47-42(73)38(69)34(65)25(17-60)83-47/h7,23-51,60-76H,8-21H2,1-6H3,(H,77,78)/t23-,24+,25+,26+,27+,28+,29+,30+,31+,32-,33-,34-,35+,36+,37+,38-,39-,40-,41+,42+,43+,44+,45+,46-,47-,48+,49-,50-,51-,55+,56+,57+,58?,59+/m0/s1. The van der Waals surface area contributed by atoms with Gasteiger partial charge < -0.3 is 139 Å². The molecule has 0 spiro atoms. The Morgan fingerprint density at radius 3 is 1.65 bits per heavy atom. The summed E-state index contributed by atoms with van der Waals surface area (Å²) in [5.74, 6) is -3.44. The highest BCUT2D eigenvalue weighted by molar-refractivity contribution is 5.80. The number of fused-ring (bicyclic) bond motifs is 7. The van der Waals surface area contributed by atoms with E-state index in [1.165, 1.54) is 0 Å². The Balaban J connectivity index is 0.915. The first-order valence-corrected chi connectivity index (χ1v) is 31.0. The monoisotopic (exact) mass is 1280 g/mol. The Morgan fingerprint density at radius 2 is 1.07 bits per heavy atom. The highest BCUT2D eigenvalue weighted by atomic mass is 16.8. The van der Waals surface area contributed by atoms with Crippen molar-refractivity contribution >= 4 is 11.9 Å². The van der Waals surface area contributed by atoms with Crippen LogP contribution in [0.3, 0.4) is 0 Å². The van der Waals surface area contributed by atoms with Gasteiger partial charge in [-0.25, -0.2) is 0 Å². The average molecular weight is 1280 g/mol. The number of rotatable bonds is 15. The van der Waals surface area contributed by atoms with E-state index in [0.717, 1.165) is 5.57 Å². The van der Waals surface area contributed by atoms with Crippen molar-refractivity contribution in [1.29, 1.82) is 0 Å². The summed E-state index contributed by atoms with van der Waals surface area (Å²) >= 11 is 0. The fraction of sp³-hybridized carbons (Fsp3) is 0.932. The largest absolute Gasteiger partial charge is 0.481 e. The van der Waals surface area contributed by atoms with E-state index < -0.39 is 242 Å². The lowest BCUT2D eigenvalue weighted by molar-refractivity contribution is -0.365. The van der Waals surface area contributed by atoms with Crippen LogP contribution in [0.5, 0.6) is 0 Å². The fourth-order valence-corrected chi connectivity index (χ4v) is 17.6. The molecule has 0 radical (unpaired) electrons. The molecule has 10 aliphatic rings. The number of carboxylic acids is 1. The Labute approximate surface area is 513 Å². The topological polar surface area (TPSA) is 491 Å². The first-order valence-electron chi connectivity index (χ1n) is 31.0. The Morgan fingerprint density at radius 1 is 0.539 bits per heavy atom. The van der Waals surface area contributed by atoms with E-state index in [4.69, 9.17) is 47.4 Å². The minimum absolute atomic E-state index is 0.0382. The summed E-state index contributed by atoms with van der Waals surface area (Å²) in [5, 5.41) is 196. The van der Waals surface area contributed by atoms with Crippen LogP contribution in [-0.2, 0) is 57.0 Å². The zero-order chi connectivity index (χ0) is 65.2. The van der Waals surface area contributed by atoms with Gasteiger partial charge in [-0.3, -0.25) is 9.59 Å². The van der Waals surface area contributed by atoms with E-state index >= 15 is 4.79 Å². The maximum absolute atomic E-state index is 15.7. The fourth-order valence-electron chi connectivity index (χ4n) is 17.6. The molecule has 5 saturated heterocycles. The number of carbonyl (C=O) groups is 2. The van der Waals surface area contributed by atoms with Crippen molar-refractivity contribution in [1.82, 2.24) is 0 Å². The zero-order valence-corrected chi connectivity index (χ0v) is 50.7. The van der Waals surface area contributed by atoms with Gasteiger partial charge in [-0.05, 0) is 104 Å². The number of aliphatic hydroxyl groups is 17. The summed E-state index contributed by atoms with van der Waals surface area (Å²) in [6.45, 7) is 8.51. The number of carboxylic acid groups (broad SMARTS) is 1. The van der Waals surface area contributed by atoms with Crippen LogP contribution < -0.4 is 0 Å². The van der Waals surface area contributed by atoms with Crippen LogP contribution in [0.2, 0.25) is 0 Å². The molecule has 9 fully saturated rings. The highest BCUT2D eigenvalue weighted by Gasteiger charge is 2.73. The van der Waals surface area contributed by atoms with Gasteiger partial charge in [0.15, 0.2) is 25.2 Å². The quantitative estimate of drug-likeness (QED) is 0.0413. The van der Waals surface area contributed by atoms with Crippen molar-refractivity contribution in [3.05, 3.63) is 11.6 Å². The Bertz CT molecular complexity index is 2530. The van der Waals surface area contributed by atoms with Crippen LogP contribution in [0.4, 0.5) is 0 Å². The molecule has 5 heterocycles. The van der Waals surface area contributed by atoms with Gasteiger partial charge in [0, 0.05) is 0 Å². The van der Waals surface area contributed by atoms with Crippen molar-refractivity contribution < 1.29 is 149 Å². The average Bonchev–Trinajstić information content (AvgIpc) is 0.673. The molecular formula is C59H94O30. The first kappa shape index (κ1) is 69.5. The Kier molecular flexibility index (Phi) is 20.0. The second-order valence-corrected chi connectivity index (χ2v) is 28.6. The number of esters is 1.